The molecule has 1 saturated heterocycles. The summed E-state index contributed by atoms with van der Waals surface area (Å²) in [6.45, 7) is 1.13. The number of hydrogen-bond donors (Lipinski definition) is 1. The van der Waals surface area contributed by atoms with Gasteiger partial charge in [0.05, 0.1) is 29.1 Å². The molecule has 0 amide bonds. The van der Waals surface area contributed by atoms with E-state index in [2.05, 4.69) is 10.3 Å². The van der Waals surface area contributed by atoms with Gasteiger partial charge in [0.25, 0.3) is 0 Å². The molecule has 2 heterocycles. The highest BCUT2D eigenvalue weighted by Gasteiger charge is 2.32. The molecule has 1 N–H and O–H groups in total. The van der Waals surface area contributed by atoms with Gasteiger partial charge < -0.3 is 10.1 Å². The number of anilines is 1. The molecule has 3 nitrogen and oxygen atoms in total. The van der Waals surface area contributed by atoms with E-state index in [1.165, 1.54) is 11.8 Å². The summed E-state index contributed by atoms with van der Waals surface area (Å²) in [5.74, 6) is 0.225. The van der Waals surface area contributed by atoms with Crippen LogP contribution in [0.1, 0.15) is 5.56 Å². The summed E-state index contributed by atoms with van der Waals surface area (Å²) in [7, 11) is 1.55. The Morgan fingerprint density at radius 3 is 2.59 bits per heavy atom. The molecule has 0 unspecified atom stereocenters. The lowest BCUT2D eigenvalue weighted by molar-refractivity contribution is -0.137. The standard InChI is InChI=1S/C10H11F3N2OS/c1-14-8-2-6(10(11,12)13)3-9(15-8)17-7-4-16-5-7/h2-3,7H,4-5H2,1H3,(H,14,15). The number of nitrogens with zero attached hydrogens (tertiary/aromatic N) is 1. The van der Waals surface area contributed by atoms with Gasteiger partial charge in [-0.1, -0.05) is 11.8 Å². The van der Waals surface area contributed by atoms with Crippen LogP contribution in [0.2, 0.25) is 0 Å². The summed E-state index contributed by atoms with van der Waals surface area (Å²) in [5.41, 5.74) is -0.681. The number of hydrogen-bond acceptors (Lipinski definition) is 4. The predicted octanol–water partition coefficient (Wildman–Crippen LogP) is 2.63. The van der Waals surface area contributed by atoms with Crippen molar-refractivity contribution in [3.8, 4) is 0 Å². The lowest BCUT2D eigenvalue weighted by Crippen LogP contribution is -2.30. The van der Waals surface area contributed by atoms with E-state index in [1.807, 2.05) is 0 Å². The summed E-state index contributed by atoms with van der Waals surface area (Å²) in [5, 5.41) is 3.21. The zero-order chi connectivity index (χ0) is 12.5. The number of rotatable bonds is 3. The van der Waals surface area contributed by atoms with Crippen molar-refractivity contribution in [2.24, 2.45) is 0 Å². The van der Waals surface area contributed by atoms with E-state index in [1.54, 1.807) is 7.05 Å². The second kappa shape index (κ2) is 4.73. The molecule has 1 aromatic rings. The topological polar surface area (TPSA) is 34.1 Å². The second-order valence-corrected chi connectivity index (χ2v) is 4.93. The van der Waals surface area contributed by atoms with Gasteiger partial charge in [-0.05, 0) is 12.1 Å². The maximum absolute atomic E-state index is 12.6. The number of ether oxygens (including phenoxy) is 1. The van der Waals surface area contributed by atoms with Gasteiger partial charge in [-0.15, -0.1) is 0 Å². The number of halogens is 3. The first kappa shape index (κ1) is 12.5. The number of aromatic nitrogens is 1. The van der Waals surface area contributed by atoms with Crippen molar-refractivity contribution in [2.75, 3.05) is 25.6 Å². The Morgan fingerprint density at radius 2 is 2.12 bits per heavy atom. The zero-order valence-electron chi connectivity index (χ0n) is 9.04. The van der Waals surface area contributed by atoms with Crippen LogP contribution in [0.3, 0.4) is 0 Å². The Kier molecular flexibility index (Phi) is 3.48. The van der Waals surface area contributed by atoms with Crippen LogP contribution in [-0.4, -0.2) is 30.5 Å². The van der Waals surface area contributed by atoms with E-state index in [0.29, 0.717) is 18.2 Å². The molecule has 1 aromatic heterocycles. The average molecular weight is 264 g/mol. The summed E-state index contributed by atoms with van der Waals surface area (Å²) in [4.78, 5) is 4.08. The van der Waals surface area contributed by atoms with E-state index in [0.717, 1.165) is 12.1 Å². The monoisotopic (exact) mass is 264 g/mol. The SMILES string of the molecule is CNc1cc(C(F)(F)F)cc(SC2COC2)n1. The highest BCUT2D eigenvalue weighted by Crippen LogP contribution is 2.35. The molecule has 1 fully saturated rings. The van der Waals surface area contributed by atoms with Gasteiger partial charge >= 0.3 is 6.18 Å². The van der Waals surface area contributed by atoms with E-state index in [-0.39, 0.29) is 11.1 Å². The van der Waals surface area contributed by atoms with Gasteiger partial charge in [0, 0.05) is 7.05 Å². The van der Waals surface area contributed by atoms with Crippen LogP contribution in [-0.2, 0) is 10.9 Å². The lowest BCUT2D eigenvalue weighted by Gasteiger charge is -2.25. The molecule has 0 spiro atoms. The molecule has 1 aliphatic rings. The smallest absolute Gasteiger partial charge is 0.379 e. The van der Waals surface area contributed by atoms with E-state index < -0.39 is 11.7 Å². The first-order valence-corrected chi connectivity index (χ1v) is 5.88. The molecular formula is C10H11F3N2OS. The van der Waals surface area contributed by atoms with Gasteiger partial charge in [-0.3, -0.25) is 0 Å². The first-order chi connectivity index (χ1) is 7.99. The Balaban J connectivity index is 2.24. The quantitative estimate of drug-likeness (QED) is 0.910. The van der Waals surface area contributed by atoms with Crippen LogP contribution in [0, 0.1) is 0 Å². The van der Waals surface area contributed by atoms with Gasteiger partial charge in [0.1, 0.15) is 5.82 Å². The van der Waals surface area contributed by atoms with Crippen LogP contribution < -0.4 is 5.32 Å². The number of pyridine rings is 1. The minimum absolute atomic E-state index is 0.204. The highest BCUT2D eigenvalue weighted by molar-refractivity contribution is 8.00. The molecule has 2 rings (SSSR count). The average Bonchev–Trinajstić information content (AvgIpc) is 2.22. The normalized spacial score (nSPS) is 16.7. The molecular weight excluding hydrogens is 253 g/mol. The first-order valence-electron chi connectivity index (χ1n) is 5.00. The molecule has 7 heteroatoms. The third-order valence-corrected chi connectivity index (χ3v) is 3.34. The van der Waals surface area contributed by atoms with Crippen molar-refractivity contribution in [1.29, 1.82) is 0 Å². The summed E-state index contributed by atoms with van der Waals surface area (Å²) < 4.78 is 42.9. The fourth-order valence-corrected chi connectivity index (χ4v) is 2.33. The van der Waals surface area contributed by atoms with Crippen LogP contribution >= 0.6 is 11.8 Å². The number of alkyl halides is 3. The zero-order valence-corrected chi connectivity index (χ0v) is 9.86. The fourth-order valence-electron chi connectivity index (χ4n) is 1.31. The van der Waals surface area contributed by atoms with Crippen molar-refractivity contribution in [3.63, 3.8) is 0 Å². The van der Waals surface area contributed by atoms with E-state index in [4.69, 9.17) is 4.74 Å². The molecule has 0 saturated carbocycles. The second-order valence-electron chi connectivity index (χ2n) is 3.60. The van der Waals surface area contributed by atoms with Gasteiger partial charge in [-0.2, -0.15) is 13.2 Å². The minimum atomic E-state index is -4.35. The predicted molar refractivity (Wildman–Crippen MR) is 59.2 cm³/mol. The summed E-state index contributed by atoms with van der Waals surface area (Å²) in [6.07, 6.45) is -4.35. The molecule has 1 aliphatic heterocycles. The van der Waals surface area contributed by atoms with Gasteiger partial charge in [-0.25, -0.2) is 4.98 Å². The van der Waals surface area contributed by atoms with E-state index in [9.17, 15) is 13.2 Å². The molecule has 0 bridgehead atoms. The van der Waals surface area contributed by atoms with Crippen molar-refractivity contribution in [3.05, 3.63) is 17.7 Å². The van der Waals surface area contributed by atoms with Crippen molar-refractivity contribution in [1.82, 2.24) is 4.98 Å². The number of nitrogens with one attached hydrogen (secondary N) is 1. The van der Waals surface area contributed by atoms with Crippen LogP contribution in [0.25, 0.3) is 0 Å². The molecule has 94 valence electrons. The molecule has 17 heavy (non-hydrogen) atoms. The molecule has 0 aliphatic carbocycles. The minimum Gasteiger partial charge on any atom is -0.379 e. The van der Waals surface area contributed by atoms with Gasteiger partial charge in [0.2, 0.25) is 0 Å². The molecule has 0 aromatic carbocycles. The van der Waals surface area contributed by atoms with Crippen molar-refractivity contribution >= 4 is 17.6 Å². The third-order valence-electron chi connectivity index (χ3n) is 2.28. The Hall–Kier alpha value is -0.950. The largest absolute Gasteiger partial charge is 0.416 e. The van der Waals surface area contributed by atoms with E-state index >= 15 is 0 Å². The van der Waals surface area contributed by atoms with Crippen LogP contribution in [0.15, 0.2) is 17.2 Å². The van der Waals surface area contributed by atoms with Crippen molar-refractivity contribution < 1.29 is 17.9 Å². The molecule has 0 atom stereocenters. The van der Waals surface area contributed by atoms with Crippen LogP contribution in [0.4, 0.5) is 19.0 Å². The summed E-state index contributed by atoms with van der Waals surface area (Å²) >= 11 is 1.31. The Bertz CT molecular complexity index is 407. The summed E-state index contributed by atoms with van der Waals surface area (Å²) in [6, 6.07) is 2.07. The third kappa shape index (κ3) is 3.04. The van der Waals surface area contributed by atoms with Gasteiger partial charge in [0.15, 0.2) is 0 Å². The fraction of sp³-hybridized carbons (Fsp3) is 0.500. The maximum Gasteiger partial charge on any atom is 0.416 e. The molecule has 0 radical (unpaired) electrons. The van der Waals surface area contributed by atoms with Crippen molar-refractivity contribution in [2.45, 2.75) is 16.5 Å². The lowest BCUT2D eigenvalue weighted by atomic mass is 10.2. The highest BCUT2D eigenvalue weighted by atomic mass is 32.2. The Morgan fingerprint density at radius 1 is 1.41 bits per heavy atom. The van der Waals surface area contributed by atoms with Crippen LogP contribution in [0.5, 0.6) is 0 Å². The number of thioether (sulfide) groups is 1. The Labute approximate surface area is 101 Å². The maximum atomic E-state index is 12.6.